The molecule has 0 aliphatic heterocycles. The van der Waals surface area contributed by atoms with Gasteiger partial charge < -0.3 is 9.84 Å². The molecule has 0 rings (SSSR count). The van der Waals surface area contributed by atoms with Crippen molar-refractivity contribution in [3.63, 3.8) is 0 Å². The summed E-state index contributed by atoms with van der Waals surface area (Å²) >= 11 is 0. The van der Waals surface area contributed by atoms with Crippen molar-refractivity contribution in [2.45, 2.75) is 65.6 Å². The fourth-order valence-electron chi connectivity index (χ4n) is 1.22. The van der Waals surface area contributed by atoms with Crippen molar-refractivity contribution in [3.8, 4) is 0 Å². The molecule has 3 heteroatoms. The highest BCUT2D eigenvalue weighted by atomic mass is 16.5. The van der Waals surface area contributed by atoms with Gasteiger partial charge >= 0.3 is 5.97 Å². The quantitative estimate of drug-likeness (QED) is 0.561. The number of carbonyl (C=O) groups is 1. The fraction of sp³-hybridized carbons (Fsp3) is 0.769. The van der Waals surface area contributed by atoms with E-state index in [1.807, 2.05) is 13.8 Å². The van der Waals surface area contributed by atoms with Crippen LogP contribution in [0, 0.1) is 0 Å². The van der Waals surface area contributed by atoms with Crippen LogP contribution in [-0.4, -0.2) is 22.8 Å². The van der Waals surface area contributed by atoms with Crippen molar-refractivity contribution in [2.75, 3.05) is 0 Å². The summed E-state index contributed by atoms with van der Waals surface area (Å²) < 4.78 is 5.33. The third-order valence-electron chi connectivity index (χ3n) is 2.56. The zero-order valence-corrected chi connectivity index (χ0v) is 11.0. The van der Waals surface area contributed by atoms with Gasteiger partial charge in [-0.05, 0) is 47.0 Å². The van der Waals surface area contributed by atoms with Crippen LogP contribution in [0.3, 0.4) is 0 Å². The van der Waals surface area contributed by atoms with Crippen molar-refractivity contribution >= 4 is 5.97 Å². The normalized spacial score (nSPS) is 14.8. The molecule has 0 aromatic rings. The van der Waals surface area contributed by atoms with Gasteiger partial charge in [-0.1, -0.05) is 13.0 Å². The van der Waals surface area contributed by atoms with Crippen molar-refractivity contribution in [1.82, 2.24) is 0 Å². The number of allylic oxidation sites excluding steroid dienone is 1. The number of aliphatic hydroxyl groups is 1. The van der Waals surface area contributed by atoms with Crippen molar-refractivity contribution in [3.05, 3.63) is 11.6 Å². The zero-order chi connectivity index (χ0) is 12.8. The molecule has 0 heterocycles. The zero-order valence-electron chi connectivity index (χ0n) is 11.0. The van der Waals surface area contributed by atoms with E-state index >= 15 is 0 Å². The van der Waals surface area contributed by atoms with E-state index in [2.05, 4.69) is 0 Å². The Bertz CT molecular complexity index is 248. The monoisotopic (exact) mass is 228 g/mol. The van der Waals surface area contributed by atoms with Gasteiger partial charge in [0, 0.05) is 5.57 Å². The first-order chi connectivity index (χ1) is 7.30. The van der Waals surface area contributed by atoms with Crippen LogP contribution in [0.5, 0.6) is 0 Å². The standard InChI is InChI=1S/C13H24O3/c1-6-10(3)12(14)16-11(7-2)8-9-13(4,5)15/h6,11,15H,7-9H2,1-5H3. The summed E-state index contributed by atoms with van der Waals surface area (Å²) in [6.45, 7) is 9.06. The maximum atomic E-state index is 11.5. The van der Waals surface area contributed by atoms with Gasteiger partial charge in [0.1, 0.15) is 6.10 Å². The van der Waals surface area contributed by atoms with Gasteiger partial charge in [-0.2, -0.15) is 0 Å². The van der Waals surface area contributed by atoms with E-state index in [9.17, 15) is 9.90 Å². The lowest BCUT2D eigenvalue weighted by Crippen LogP contribution is -2.24. The van der Waals surface area contributed by atoms with Gasteiger partial charge in [0.25, 0.3) is 0 Å². The Morgan fingerprint density at radius 2 is 2.06 bits per heavy atom. The minimum atomic E-state index is -0.699. The van der Waals surface area contributed by atoms with Crippen molar-refractivity contribution in [1.29, 1.82) is 0 Å². The van der Waals surface area contributed by atoms with Gasteiger partial charge in [-0.15, -0.1) is 0 Å². The Hall–Kier alpha value is -0.830. The second kappa shape index (κ2) is 6.69. The third-order valence-corrected chi connectivity index (χ3v) is 2.56. The average Bonchev–Trinajstić information content (AvgIpc) is 2.21. The maximum Gasteiger partial charge on any atom is 0.333 e. The predicted molar refractivity (Wildman–Crippen MR) is 65.1 cm³/mol. The van der Waals surface area contributed by atoms with Gasteiger partial charge in [0.2, 0.25) is 0 Å². The van der Waals surface area contributed by atoms with Gasteiger partial charge in [-0.3, -0.25) is 0 Å². The summed E-state index contributed by atoms with van der Waals surface area (Å²) in [6.07, 6.45) is 3.74. The molecule has 0 amide bonds. The maximum absolute atomic E-state index is 11.5. The number of hydrogen-bond donors (Lipinski definition) is 1. The molecule has 1 unspecified atom stereocenters. The molecule has 0 radical (unpaired) electrons. The highest BCUT2D eigenvalue weighted by molar-refractivity contribution is 5.87. The number of carbonyl (C=O) groups excluding carboxylic acids is 1. The third kappa shape index (κ3) is 6.62. The lowest BCUT2D eigenvalue weighted by molar-refractivity contribution is -0.145. The molecule has 0 aliphatic carbocycles. The van der Waals surface area contributed by atoms with Gasteiger partial charge in [-0.25, -0.2) is 4.79 Å². The fourth-order valence-corrected chi connectivity index (χ4v) is 1.22. The second-order valence-corrected chi connectivity index (χ2v) is 4.76. The first kappa shape index (κ1) is 15.2. The molecule has 94 valence electrons. The second-order valence-electron chi connectivity index (χ2n) is 4.76. The molecule has 0 aromatic heterocycles. The first-order valence-electron chi connectivity index (χ1n) is 5.86. The largest absolute Gasteiger partial charge is 0.459 e. The Morgan fingerprint density at radius 1 is 1.50 bits per heavy atom. The van der Waals surface area contributed by atoms with E-state index < -0.39 is 5.60 Å². The van der Waals surface area contributed by atoms with Crippen LogP contribution in [0.4, 0.5) is 0 Å². The molecular weight excluding hydrogens is 204 g/mol. The highest BCUT2D eigenvalue weighted by Crippen LogP contribution is 2.16. The van der Waals surface area contributed by atoms with Crippen LogP contribution in [0.25, 0.3) is 0 Å². The number of hydrogen-bond acceptors (Lipinski definition) is 3. The Morgan fingerprint density at radius 3 is 2.44 bits per heavy atom. The number of esters is 1. The van der Waals surface area contributed by atoms with Crippen molar-refractivity contribution < 1.29 is 14.6 Å². The number of ether oxygens (including phenoxy) is 1. The lowest BCUT2D eigenvalue weighted by atomic mass is 9.99. The molecule has 0 spiro atoms. The summed E-state index contributed by atoms with van der Waals surface area (Å²) in [5.41, 5.74) is -0.0724. The summed E-state index contributed by atoms with van der Waals surface area (Å²) in [5.74, 6) is -0.259. The minimum Gasteiger partial charge on any atom is -0.459 e. The minimum absolute atomic E-state index is 0.103. The average molecular weight is 228 g/mol. The molecule has 0 aromatic carbocycles. The van der Waals surface area contributed by atoms with Crippen LogP contribution in [0.2, 0.25) is 0 Å². The molecule has 0 saturated heterocycles. The Kier molecular flexibility index (Phi) is 6.34. The molecule has 0 aliphatic rings. The molecule has 16 heavy (non-hydrogen) atoms. The summed E-state index contributed by atoms with van der Waals surface area (Å²) in [7, 11) is 0. The van der Waals surface area contributed by atoms with E-state index in [4.69, 9.17) is 4.74 Å². The van der Waals surface area contributed by atoms with Gasteiger partial charge in [0.05, 0.1) is 5.60 Å². The van der Waals surface area contributed by atoms with Crippen LogP contribution in [0.1, 0.15) is 53.9 Å². The van der Waals surface area contributed by atoms with Crippen LogP contribution < -0.4 is 0 Å². The van der Waals surface area contributed by atoms with E-state index in [1.165, 1.54) is 0 Å². The lowest BCUT2D eigenvalue weighted by Gasteiger charge is -2.21. The van der Waals surface area contributed by atoms with E-state index in [1.54, 1.807) is 26.8 Å². The topological polar surface area (TPSA) is 46.5 Å². The summed E-state index contributed by atoms with van der Waals surface area (Å²) in [4.78, 5) is 11.5. The molecule has 0 bridgehead atoms. The molecular formula is C13H24O3. The predicted octanol–water partition coefficient (Wildman–Crippen LogP) is 2.83. The van der Waals surface area contributed by atoms with E-state index in [0.29, 0.717) is 18.4 Å². The van der Waals surface area contributed by atoms with Gasteiger partial charge in [0.15, 0.2) is 0 Å². The SMILES string of the molecule is CC=C(C)C(=O)OC(CC)CCC(C)(C)O. The smallest absolute Gasteiger partial charge is 0.333 e. The van der Waals surface area contributed by atoms with E-state index in [-0.39, 0.29) is 12.1 Å². The van der Waals surface area contributed by atoms with Crippen LogP contribution in [-0.2, 0) is 9.53 Å². The van der Waals surface area contributed by atoms with E-state index in [0.717, 1.165) is 6.42 Å². The molecule has 1 atom stereocenters. The molecule has 0 saturated carbocycles. The molecule has 1 N–H and O–H groups in total. The first-order valence-corrected chi connectivity index (χ1v) is 5.86. The Balaban J connectivity index is 4.16. The Labute approximate surface area is 98.5 Å². The molecule has 3 nitrogen and oxygen atoms in total. The highest BCUT2D eigenvalue weighted by Gasteiger charge is 2.18. The molecule has 0 fully saturated rings. The number of rotatable bonds is 6. The van der Waals surface area contributed by atoms with Crippen molar-refractivity contribution in [2.24, 2.45) is 0 Å². The van der Waals surface area contributed by atoms with Crippen LogP contribution in [0.15, 0.2) is 11.6 Å². The summed E-state index contributed by atoms with van der Waals surface area (Å²) in [5, 5.41) is 9.60. The van der Waals surface area contributed by atoms with Crippen LogP contribution >= 0.6 is 0 Å². The summed E-state index contributed by atoms with van der Waals surface area (Å²) in [6, 6.07) is 0.